The lowest BCUT2D eigenvalue weighted by Crippen LogP contribution is -2.74. The topological polar surface area (TPSA) is 69.6 Å². The van der Waals surface area contributed by atoms with Gasteiger partial charge in [-0.1, -0.05) is 72.3 Å². The van der Waals surface area contributed by atoms with Gasteiger partial charge in [-0.3, -0.25) is 9.69 Å². The van der Waals surface area contributed by atoms with Crippen LogP contribution in [0.3, 0.4) is 0 Å². The van der Waals surface area contributed by atoms with Crippen LogP contribution in [0.4, 0.5) is 23.7 Å². The predicted molar refractivity (Wildman–Crippen MR) is 117 cm³/mol. The van der Waals surface area contributed by atoms with Gasteiger partial charge in [-0.2, -0.15) is 13.2 Å². The maximum absolute atomic E-state index is 14.7. The third kappa shape index (κ3) is 3.96. The molecule has 0 aliphatic carbocycles. The van der Waals surface area contributed by atoms with Crippen molar-refractivity contribution in [3.05, 3.63) is 101 Å². The lowest BCUT2D eigenvalue weighted by atomic mass is 9.76. The Labute approximate surface area is 192 Å². The molecule has 1 aliphatic rings. The van der Waals surface area contributed by atoms with Crippen LogP contribution < -0.4 is 10.2 Å². The molecule has 1 fully saturated rings. The number of benzene rings is 3. The van der Waals surface area contributed by atoms with Crippen LogP contribution in [0.25, 0.3) is 0 Å². The minimum atomic E-state index is -5.37. The molecule has 0 spiro atoms. The SMILES string of the molecule is O=C(c1ccccc1)[C@@H]1[C@H](c2ccc(Cl)cc2)NC(=O)N(c2ccccc2)[C@]1(O)C(F)(F)F. The molecule has 4 rings (SSSR count). The minimum Gasteiger partial charge on any atom is -0.362 e. The molecule has 1 saturated heterocycles. The van der Waals surface area contributed by atoms with Gasteiger partial charge in [0.2, 0.25) is 0 Å². The van der Waals surface area contributed by atoms with E-state index in [0.717, 1.165) is 0 Å². The highest BCUT2D eigenvalue weighted by Gasteiger charge is 2.70. The molecule has 5 nitrogen and oxygen atoms in total. The van der Waals surface area contributed by atoms with Crippen molar-refractivity contribution in [1.29, 1.82) is 0 Å². The number of nitrogens with zero attached hydrogens (tertiary/aromatic N) is 1. The number of hydrogen-bond donors (Lipinski definition) is 2. The van der Waals surface area contributed by atoms with Gasteiger partial charge in [0.15, 0.2) is 5.78 Å². The Morgan fingerprint density at radius 2 is 1.48 bits per heavy atom. The number of carbonyl (C=O) groups excluding carboxylic acids is 2. The number of rotatable bonds is 4. The zero-order valence-electron chi connectivity index (χ0n) is 17.0. The van der Waals surface area contributed by atoms with Crippen molar-refractivity contribution in [3.63, 3.8) is 0 Å². The number of nitrogens with one attached hydrogen (secondary N) is 1. The Kier molecular flexibility index (Phi) is 5.90. The lowest BCUT2D eigenvalue weighted by molar-refractivity contribution is -0.275. The first kappa shape index (κ1) is 22.8. The quantitative estimate of drug-likeness (QED) is 0.500. The number of amides is 2. The number of urea groups is 1. The van der Waals surface area contributed by atoms with Crippen LogP contribution >= 0.6 is 11.6 Å². The molecule has 9 heteroatoms. The van der Waals surface area contributed by atoms with Crippen LogP contribution in [0.2, 0.25) is 5.02 Å². The zero-order chi connectivity index (χ0) is 23.8. The molecule has 0 saturated carbocycles. The second-order valence-electron chi connectivity index (χ2n) is 7.58. The molecule has 0 bridgehead atoms. The van der Waals surface area contributed by atoms with Gasteiger partial charge in [0.1, 0.15) is 5.92 Å². The van der Waals surface area contributed by atoms with E-state index in [1.807, 2.05) is 0 Å². The Bertz CT molecular complexity index is 1160. The molecule has 2 N–H and O–H groups in total. The molecule has 2 amide bonds. The van der Waals surface area contributed by atoms with E-state index in [9.17, 15) is 27.9 Å². The highest BCUT2D eigenvalue weighted by molar-refractivity contribution is 6.30. The van der Waals surface area contributed by atoms with Gasteiger partial charge in [-0.15, -0.1) is 0 Å². The number of para-hydroxylation sites is 1. The van der Waals surface area contributed by atoms with Crippen molar-refractivity contribution in [3.8, 4) is 0 Å². The number of Topliss-reactive ketones (excluding diaryl/α,β-unsaturated/α-hetero) is 1. The molecular weight excluding hydrogens is 457 g/mol. The summed E-state index contributed by atoms with van der Waals surface area (Å²) >= 11 is 5.91. The molecule has 1 heterocycles. The largest absolute Gasteiger partial charge is 0.437 e. The van der Waals surface area contributed by atoms with Crippen molar-refractivity contribution >= 4 is 29.1 Å². The summed E-state index contributed by atoms with van der Waals surface area (Å²) in [5.74, 6) is -3.10. The molecule has 170 valence electrons. The highest BCUT2D eigenvalue weighted by atomic mass is 35.5. The molecule has 0 unspecified atom stereocenters. The average molecular weight is 475 g/mol. The fourth-order valence-corrected chi connectivity index (χ4v) is 4.19. The van der Waals surface area contributed by atoms with Gasteiger partial charge in [0.25, 0.3) is 5.72 Å². The van der Waals surface area contributed by atoms with Gasteiger partial charge >= 0.3 is 12.2 Å². The third-order valence-electron chi connectivity index (χ3n) is 5.59. The normalized spacial score (nSPS) is 23.2. The second-order valence-corrected chi connectivity index (χ2v) is 8.02. The van der Waals surface area contributed by atoms with E-state index in [0.29, 0.717) is 5.02 Å². The van der Waals surface area contributed by atoms with Gasteiger partial charge in [0, 0.05) is 16.3 Å². The molecule has 0 radical (unpaired) electrons. The monoisotopic (exact) mass is 474 g/mol. The third-order valence-corrected chi connectivity index (χ3v) is 5.84. The maximum atomic E-state index is 14.7. The van der Waals surface area contributed by atoms with E-state index < -0.39 is 35.7 Å². The summed E-state index contributed by atoms with van der Waals surface area (Å²) in [6.45, 7) is 0. The molecule has 1 aliphatic heterocycles. The first-order valence-electron chi connectivity index (χ1n) is 9.94. The Morgan fingerprint density at radius 1 is 0.939 bits per heavy atom. The number of aliphatic hydroxyl groups is 1. The van der Waals surface area contributed by atoms with E-state index in [1.165, 1.54) is 72.8 Å². The standard InChI is InChI=1S/C24H18ClF3N2O3/c25-17-13-11-15(12-14-17)20-19(21(31)16-7-3-1-4-8-16)23(33,24(26,27)28)30(22(32)29-20)18-9-5-2-6-10-18/h1-14,19-20,33H,(H,29,32)/t19-,20-,23+/m0/s1. The van der Waals surface area contributed by atoms with E-state index in [-0.39, 0.29) is 21.7 Å². The van der Waals surface area contributed by atoms with Crippen LogP contribution in [0.5, 0.6) is 0 Å². The number of anilines is 1. The van der Waals surface area contributed by atoms with Crippen molar-refractivity contribution in [1.82, 2.24) is 5.32 Å². The van der Waals surface area contributed by atoms with Crippen LogP contribution in [-0.4, -0.2) is 28.8 Å². The Balaban J connectivity index is 1.96. The fraction of sp³-hybridized carbons (Fsp3) is 0.167. The number of alkyl halides is 3. The van der Waals surface area contributed by atoms with Crippen LogP contribution in [0.1, 0.15) is 22.0 Å². The lowest BCUT2D eigenvalue weighted by Gasteiger charge is -2.51. The second kappa shape index (κ2) is 8.53. The molecule has 3 aromatic rings. The first-order valence-corrected chi connectivity index (χ1v) is 10.3. The maximum Gasteiger partial charge on any atom is 0.437 e. The molecule has 33 heavy (non-hydrogen) atoms. The fourth-order valence-electron chi connectivity index (χ4n) is 4.06. The summed E-state index contributed by atoms with van der Waals surface area (Å²) in [6, 6.07) is 17.3. The summed E-state index contributed by atoms with van der Waals surface area (Å²) in [5, 5.41) is 14.2. The molecule has 3 aromatic carbocycles. The molecular formula is C24H18ClF3N2O3. The minimum absolute atomic E-state index is 0.0340. The Morgan fingerprint density at radius 3 is 2.03 bits per heavy atom. The highest BCUT2D eigenvalue weighted by Crippen LogP contribution is 2.49. The molecule has 3 atom stereocenters. The van der Waals surface area contributed by atoms with Gasteiger partial charge in [-0.05, 0) is 29.8 Å². The van der Waals surface area contributed by atoms with E-state index in [1.54, 1.807) is 12.1 Å². The number of ketones is 1. The molecule has 0 aromatic heterocycles. The summed E-state index contributed by atoms with van der Waals surface area (Å²) in [6.07, 6.45) is -5.37. The van der Waals surface area contributed by atoms with Crippen molar-refractivity contribution in [2.75, 3.05) is 4.90 Å². The van der Waals surface area contributed by atoms with Crippen LogP contribution in [0, 0.1) is 5.92 Å². The van der Waals surface area contributed by atoms with E-state index in [4.69, 9.17) is 11.6 Å². The summed E-state index contributed by atoms with van der Waals surface area (Å²) < 4.78 is 44.0. The number of carbonyl (C=O) groups is 2. The van der Waals surface area contributed by atoms with Crippen molar-refractivity contribution < 1.29 is 27.9 Å². The van der Waals surface area contributed by atoms with E-state index >= 15 is 0 Å². The summed E-state index contributed by atoms with van der Waals surface area (Å²) in [7, 11) is 0. The van der Waals surface area contributed by atoms with Crippen LogP contribution in [-0.2, 0) is 0 Å². The predicted octanol–water partition coefficient (Wildman–Crippen LogP) is 5.36. The van der Waals surface area contributed by atoms with Crippen LogP contribution in [0.15, 0.2) is 84.9 Å². The zero-order valence-corrected chi connectivity index (χ0v) is 17.7. The van der Waals surface area contributed by atoms with Crippen molar-refractivity contribution in [2.24, 2.45) is 5.92 Å². The Hall–Kier alpha value is -3.36. The summed E-state index contributed by atoms with van der Waals surface area (Å²) in [4.78, 5) is 26.8. The number of hydrogen-bond acceptors (Lipinski definition) is 3. The number of halogens is 4. The summed E-state index contributed by atoms with van der Waals surface area (Å²) in [5.41, 5.74) is -3.89. The smallest absolute Gasteiger partial charge is 0.362 e. The average Bonchev–Trinajstić information content (AvgIpc) is 2.79. The van der Waals surface area contributed by atoms with Crippen molar-refractivity contribution in [2.45, 2.75) is 17.9 Å². The van der Waals surface area contributed by atoms with Gasteiger partial charge in [0.05, 0.1) is 6.04 Å². The van der Waals surface area contributed by atoms with Gasteiger partial charge < -0.3 is 10.4 Å². The van der Waals surface area contributed by atoms with E-state index in [2.05, 4.69) is 5.32 Å². The first-order chi connectivity index (χ1) is 15.6. The van der Waals surface area contributed by atoms with Gasteiger partial charge in [-0.25, -0.2) is 4.79 Å².